The fourth-order valence-electron chi connectivity index (χ4n) is 1.41. The number of hydrogen-bond acceptors (Lipinski definition) is 3. The largest absolute Gasteiger partial charge is 0.415 e. The molecule has 1 rings (SSSR count). The quantitative estimate of drug-likeness (QED) is 0.846. The number of para-hydroxylation sites is 1. The third kappa shape index (κ3) is 3.24. The Labute approximate surface area is 96.0 Å². The van der Waals surface area contributed by atoms with Gasteiger partial charge in [-0.3, -0.25) is 0 Å². The molecule has 0 aliphatic heterocycles. The Balaban J connectivity index is 2.58. The van der Waals surface area contributed by atoms with E-state index >= 15 is 0 Å². The lowest BCUT2D eigenvalue weighted by molar-refractivity contribution is 0.145. The molecule has 1 aromatic carbocycles. The number of likely N-dealkylation sites (N-methyl/N-ethyl adjacent to an activating group) is 1. The summed E-state index contributed by atoms with van der Waals surface area (Å²) in [4.78, 5) is 13.3. The molecule has 1 aromatic rings. The summed E-state index contributed by atoms with van der Waals surface area (Å²) in [6, 6.07) is 9.03. The first-order chi connectivity index (χ1) is 7.69. The van der Waals surface area contributed by atoms with Crippen LogP contribution in [0.1, 0.15) is 13.3 Å². The van der Waals surface area contributed by atoms with Gasteiger partial charge in [-0.25, -0.2) is 4.79 Å². The van der Waals surface area contributed by atoms with Crippen molar-refractivity contribution in [2.45, 2.75) is 19.4 Å². The molecule has 0 aromatic heterocycles. The topological polar surface area (TPSA) is 55.6 Å². The maximum absolute atomic E-state index is 11.7. The van der Waals surface area contributed by atoms with Gasteiger partial charge in [0.2, 0.25) is 0 Å². The van der Waals surface area contributed by atoms with Crippen LogP contribution in [0.5, 0.6) is 5.75 Å². The first kappa shape index (κ1) is 12.5. The molecule has 4 nitrogen and oxygen atoms in total. The van der Waals surface area contributed by atoms with Crippen LogP contribution < -0.4 is 10.5 Å². The molecule has 0 fully saturated rings. The van der Waals surface area contributed by atoms with Gasteiger partial charge in [-0.05, 0) is 18.6 Å². The fourth-order valence-corrected chi connectivity index (χ4v) is 1.41. The molecule has 0 aliphatic rings. The average Bonchev–Trinajstić information content (AvgIpc) is 2.31. The number of ether oxygens (including phenoxy) is 1. The number of hydrogen-bond donors (Lipinski definition) is 1. The zero-order chi connectivity index (χ0) is 12.0. The van der Waals surface area contributed by atoms with Gasteiger partial charge in [0.05, 0.1) is 0 Å². The molecule has 0 bridgehead atoms. The summed E-state index contributed by atoms with van der Waals surface area (Å²) in [5.74, 6) is 0.547. The Kier molecular flexibility index (Phi) is 4.79. The monoisotopic (exact) mass is 222 g/mol. The lowest BCUT2D eigenvalue weighted by Gasteiger charge is -2.25. The minimum absolute atomic E-state index is 0.0243. The highest BCUT2D eigenvalue weighted by molar-refractivity contribution is 5.70. The summed E-state index contributed by atoms with van der Waals surface area (Å²) in [5.41, 5.74) is 5.57. The molecular weight excluding hydrogens is 204 g/mol. The zero-order valence-electron chi connectivity index (χ0n) is 9.72. The van der Waals surface area contributed by atoms with Gasteiger partial charge in [0.15, 0.2) is 0 Å². The third-order valence-corrected chi connectivity index (χ3v) is 2.53. The van der Waals surface area contributed by atoms with Crippen LogP contribution in [-0.2, 0) is 0 Å². The van der Waals surface area contributed by atoms with E-state index in [1.807, 2.05) is 25.1 Å². The SMILES string of the molecule is CCC(CN)N(C)C(=O)Oc1ccccc1. The smallest absolute Gasteiger partial charge is 0.410 e. The van der Waals surface area contributed by atoms with Crippen molar-refractivity contribution in [2.75, 3.05) is 13.6 Å². The van der Waals surface area contributed by atoms with Crippen LogP contribution in [0.25, 0.3) is 0 Å². The second-order valence-electron chi connectivity index (χ2n) is 3.59. The van der Waals surface area contributed by atoms with Crippen molar-refractivity contribution < 1.29 is 9.53 Å². The molecule has 1 atom stereocenters. The van der Waals surface area contributed by atoms with Crippen molar-refractivity contribution in [2.24, 2.45) is 5.73 Å². The summed E-state index contributed by atoms with van der Waals surface area (Å²) < 4.78 is 5.19. The molecule has 0 heterocycles. The van der Waals surface area contributed by atoms with Gasteiger partial charge >= 0.3 is 6.09 Å². The highest BCUT2D eigenvalue weighted by atomic mass is 16.6. The molecule has 0 aliphatic carbocycles. The molecular formula is C12H18N2O2. The van der Waals surface area contributed by atoms with Crippen LogP contribution in [0.2, 0.25) is 0 Å². The van der Waals surface area contributed by atoms with E-state index in [0.717, 1.165) is 6.42 Å². The molecule has 1 amide bonds. The summed E-state index contributed by atoms with van der Waals surface area (Å²) in [5, 5.41) is 0. The Morgan fingerprint density at radius 3 is 2.56 bits per heavy atom. The predicted octanol–water partition coefficient (Wildman–Crippen LogP) is 1.85. The van der Waals surface area contributed by atoms with E-state index < -0.39 is 0 Å². The van der Waals surface area contributed by atoms with E-state index in [4.69, 9.17) is 10.5 Å². The first-order valence-electron chi connectivity index (χ1n) is 5.38. The number of rotatable bonds is 4. The molecule has 0 spiro atoms. The number of benzene rings is 1. The fraction of sp³-hybridized carbons (Fsp3) is 0.417. The average molecular weight is 222 g/mol. The van der Waals surface area contributed by atoms with Crippen LogP contribution in [0.4, 0.5) is 4.79 Å². The maximum atomic E-state index is 11.7. The van der Waals surface area contributed by atoms with E-state index in [9.17, 15) is 4.79 Å². The summed E-state index contributed by atoms with van der Waals surface area (Å²) in [6.07, 6.45) is 0.445. The van der Waals surface area contributed by atoms with Crippen molar-refractivity contribution in [3.05, 3.63) is 30.3 Å². The highest BCUT2D eigenvalue weighted by Crippen LogP contribution is 2.11. The Bertz CT molecular complexity index is 323. The minimum Gasteiger partial charge on any atom is -0.410 e. The highest BCUT2D eigenvalue weighted by Gasteiger charge is 2.18. The van der Waals surface area contributed by atoms with Crippen LogP contribution in [0.15, 0.2) is 30.3 Å². The van der Waals surface area contributed by atoms with E-state index in [1.165, 1.54) is 4.90 Å². The van der Waals surface area contributed by atoms with Gasteiger partial charge in [-0.2, -0.15) is 0 Å². The van der Waals surface area contributed by atoms with E-state index in [1.54, 1.807) is 19.2 Å². The van der Waals surface area contributed by atoms with Crippen molar-refractivity contribution in [1.82, 2.24) is 4.90 Å². The van der Waals surface area contributed by atoms with Gasteiger partial charge in [-0.1, -0.05) is 25.1 Å². The lowest BCUT2D eigenvalue weighted by atomic mass is 10.2. The van der Waals surface area contributed by atoms with Gasteiger partial charge < -0.3 is 15.4 Å². The van der Waals surface area contributed by atoms with Crippen molar-refractivity contribution >= 4 is 6.09 Å². The third-order valence-electron chi connectivity index (χ3n) is 2.53. The number of amides is 1. The second-order valence-corrected chi connectivity index (χ2v) is 3.59. The molecule has 16 heavy (non-hydrogen) atoms. The number of carbonyl (C=O) groups excluding carboxylic acids is 1. The van der Waals surface area contributed by atoms with Crippen LogP contribution in [0, 0.1) is 0 Å². The molecule has 4 heteroatoms. The minimum atomic E-state index is -0.372. The Morgan fingerprint density at radius 1 is 1.44 bits per heavy atom. The molecule has 0 saturated heterocycles. The molecule has 0 saturated carbocycles. The second kappa shape index (κ2) is 6.12. The van der Waals surface area contributed by atoms with Crippen molar-refractivity contribution in [3.8, 4) is 5.75 Å². The Hall–Kier alpha value is -1.55. The Morgan fingerprint density at radius 2 is 2.06 bits per heavy atom. The molecule has 1 unspecified atom stereocenters. The van der Waals surface area contributed by atoms with Crippen LogP contribution >= 0.6 is 0 Å². The zero-order valence-corrected chi connectivity index (χ0v) is 9.72. The summed E-state index contributed by atoms with van der Waals surface area (Å²) >= 11 is 0. The number of nitrogens with zero attached hydrogens (tertiary/aromatic N) is 1. The van der Waals surface area contributed by atoms with E-state index in [0.29, 0.717) is 12.3 Å². The van der Waals surface area contributed by atoms with Crippen LogP contribution in [-0.4, -0.2) is 30.6 Å². The summed E-state index contributed by atoms with van der Waals surface area (Å²) in [6.45, 7) is 2.43. The predicted molar refractivity (Wildman–Crippen MR) is 63.4 cm³/mol. The maximum Gasteiger partial charge on any atom is 0.415 e. The van der Waals surface area contributed by atoms with Gasteiger partial charge in [0.25, 0.3) is 0 Å². The standard InChI is InChI=1S/C12H18N2O2/c1-3-10(9-13)14(2)12(15)16-11-7-5-4-6-8-11/h4-8,10H,3,9,13H2,1-2H3. The number of carbonyl (C=O) groups is 1. The first-order valence-corrected chi connectivity index (χ1v) is 5.38. The molecule has 88 valence electrons. The van der Waals surface area contributed by atoms with Gasteiger partial charge in [0, 0.05) is 19.6 Å². The lowest BCUT2D eigenvalue weighted by Crippen LogP contribution is -2.42. The van der Waals surface area contributed by atoms with Gasteiger partial charge in [-0.15, -0.1) is 0 Å². The number of nitrogens with two attached hydrogens (primary N) is 1. The summed E-state index contributed by atoms with van der Waals surface area (Å²) in [7, 11) is 1.70. The van der Waals surface area contributed by atoms with Crippen LogP contribution in [0.3, 0.4) is 0 Å². The molecule has 0 radical (unpaired) electrons. The normalized spacial score (nSPS) is 11.9. The molecule has 2 N–H and O–H groups in total. The van der Waals surface area contributed by atoms with Crippen molar-refractivity contribution in [3.63, 3.8) is 0 Å². The van der Waals surface area contributed by atoms with E-state index in [2.05, 4.69) is 0 Å². The van der Waals surface area contributed by atoms with Gasteiger partial charge in [0.1, 0.15) is 5.75 Å². The van der Waals surface area contributed by atoms with Crippen molar-refractivity contribution in [1.29, 1.82) is 0 Å². The van der Waals surface area contributed by atoms with E-state index in [-0.39, 0.29) is 12.1 Å².